The lowest BCUT2D eigenvalue weighted by Crippen LogP contribution is -2.24. The van der Waals surface area contributed by atoms with Crippen molar-refractivity contribution >= 4 is 44.6 Å². The fourth-order valence-electron chi connectivity index (χ4n) is 6.64. The number of aromatic nitrogens is 2. The first-order valence-corrected chi connectivity index (χ1v) is 15.7. The summed E-state index contributed by atoms with van der Waals surface area (Å²) in [5.41, 5.74) is 8.05. The van der Waals surface area contributed by atoms with E-state index in [1.807, 2.05) is 53.6 Å². The van der Waals surface area contributed by atoms with Crippen LogP contribution in [0, 0.1) is 12.7 Å². The van der Waals surface area contributed by atoms with Crippen LogP contribution in [0.25, 0.3) is 27.6 Å². The van der Waals surface area contributed by atoms with Crippen molar-refractivity contribution in [1.29, 1.82) is 0 Å². The van der Waals surface area contributed by atoms with E-state index in [2.05, 4.69) is 90.0 Å². The number of benzene rings is 5. The number of ether oxygens (including phenoxy) is 1. The van der Waals surface area contributed by atoms with E-state index in [4.69, 9.17) is 9.72 Å². The number of para-hydroxylation sites is 4. The molecule has 1 aliphatic heterocycles. The van der Waals surface area contributed by atoms with Crippen molar-refractivity contribution in [2.24, 2.45) is 0 Å². The first-order valence-electron chi connectivity index (χ1n) is 15.7. The molecule has 0 saturated heterocycles. The zero-order valence-electron chi connectivity index (χ0n) is 25.8. The van der Waals surface area contributed by atoms with E-state index in [1.165, 1.54) is 17.0 Å². The van der Waals surface area contributed by atoms with E-state index in [1.54, 1.807) is 6.07 Å². The number of hydrogen-bond donors (Lipinski definition) is 0. The molecule has 0 N–H and O–H groups in total. The van der Waals surface area contributed by atoms with Gasteiger partial charge in [-0.2, -0.15) is 0 Å². The van der Waals surface area contributed by atoms with Gasteiger partial charge in [0.15, 0.2) is 0 Å². The Morgan fingerprint density at radius 1 is 0.696 bits per heavy atom. The van der Waals surface area contributed by atoms with Crippen molar-refractivity contribution < 1.29 is 9.13 Å². The maximum Gasteiger partial charge on any atom is 0.146 e. The lowest BCUT2D eigenvalue weighted by molar-refractivity contribution is 0.482. The topological polar surface area (TPSA) is 33.5 Å². The van der Waals surface area contributed by atoms with E-state index >= 15 is 0 Å². The lowest BCUT2D eigenvalue weighted by atomic mass is 10.1. The van der Waals surface area contributed by atoms with Crippen LogP contribution in [-0.4, -0.2) is 16.2 Å². The van der Waals surface area contributed by atoms with Crippen molar-refractivity contribution in [3.63, 3.8) is 0 Å². The summed E-state index contributed by atoms with van der Waals surface area (Å²) in [5.74, 6) is 2.15. The van der Waals surface area contributed by atoms with Gasteiger partial charge >= 0.3 is 0 Å². The Labute approximate surface area is 267 Å². The third-order valence-electron chi connectivity index (χ3n) is 8.70. The molecule has 0 unspecified atom stereocenters. The summed E-state index contributed by atoms with van der Waals surface area (Å²) in [6.07, 6.45) is 3.79. The summed E-state index contributed by atoms with van der Waals surface area (Å²) >= 11 is 0. The molecular weight excluding hydrogens is 571 g/mol. The van der Waals surface area contributed by atoms with Crippen LogP contribution in [0.15, 0.2) is 128 Å². The average molecular weight is 605 g/mol. The summed E-state index contributed by atoms with van der Waals surface area (Å²) in [6.45, 7) is 4.76. The Bertz CT molecular complexity index is 2240. The minimum atomic E-state index is -0.239. The number of anilines is 4. The fraction of sp³-hybridized carbons (Fsp3) is 0.125. The minimum Gasteiger partial charge on any atom is -0.457 e. The SMILES string of the molecule is CCCc1cc(Oc2ccc3c4ccccc4n(-c4cc(C)ccn4)c3c2)cc(N2CN(c3ccccc3F)c3ccccc32)c1. The third-order valence-corrected chi connectivity index (χ3v) is 8.70. The highest BCUT2D eigenvalue weighted by Crippen LogP contribution is 2.46. The van der Waals surface area contributed by atoms with Crippen molar-refractivity contribution in [3.05, 3.63) is 144 Å². The van der Waals surface area contributed by atoms with Crippen LogP contribution in [-0.2, 0) is 6.42 Å². The summed E-state index contributed by atoms with van der Waals surface area (Å²) in [5, 5.41) is 2.32. The summed E-state index contributed by atoms with van der Waals surface area (Å²) in [6, 6.07) is 40.4. The molecule has 6 heteroatoms. The first kappa shape index (κ1) is 27.9. The molecule has 8 rings (SSSR count). The molecule has 0 amide bonds. The molecular formula is C40H33FN4O. The number of rotatable bonds is 7. The highest BCUT2D eigenvalue weighted by Gasteiger charge is 2.29. The summed E-state index contributed by atoms with van der Waals surface area (Å²) in [7, 11) is 0. The van der Waals surface area contributed by atoms with Crippen LogP contribution in [0.1, 0.15) is 24.5 Å². The zero-order valence-corrected chi connectivity index (χ0v) is 25.8. The molecule has 0 aliphatic carbocycles. The van der Waals surface area contributed by atoms with Crippen LogP contribution < -0.4 is 14.5 Å². The first-order chi connectivity index (χ1) is 22.6. The van der Waals surface area contributed by atoms with Gasteiger partial charge in [0.05, 0.1) is 28.1 Å². The molecule has 3 heterocycles. The molecule has 2 aromatic heterocycles. The minimum absolute atomic E-state index is 0.239. The predicted molar refractivity (Wildman–Crippen MR) is 186 cm³/mol. The van der Waals surface area contributed by atoms with Crippen LogP contribution in [0.3, 0.4) is 0 Å². The normalized spacial score (nSPS) is 12.7. The third kappa shape index (κ3) is 4.83. The average Bonchev–Trinajstić information content (AvgIpc) is 3.61. The van der Waals surface area contributed by atoms with Crippen LogP contribution in [0.4, 0.5) is 27.1 Å². The number of nitrogens with zero attached hydrogens (tertiary/aromatic N) is 4. The second-order valence-electron chi connectivity index (χ2n) is 11.8. The van der Waals surface area contributed by atoms with Gasteiger partial charge in [-0.3, -0.25) is 4.57 Å². The largest absolute Gasteiger partial charge is 0.457 e. The van der Waals surface area contributed by atoms with Crippen molar-refractivity contribution in [2.75, 3.05) is 16.5 Å². The van der Waals surface area contributed by atoms with Crippen molar-refractivity contribution in [1.82, 2.24) is 9.55 Å². The number of fused-ring (bicyclic) bond motifs is 4. The molecule has 0 atom stereocenters. The second kappa shape index (κ2) is 11.4. The van der Waals surface area contributed by atoms with Crippen LogP contribution >= 0.6 is 0 Å². The lowest BCUT2D eigenvalue weighted by Gasteiger charge is -2.23. The van der Waals surface area contributed by atoms with E-state index in [0.29, 0.717) is 12.4 Å². The highest BCUT2D eigenvalue weighted by molar-refractivity contribution is 6.09. The number of halogens is 1. The van der Waals surface area contributed by atoms with Crippen molar-refractivity contribution in [2.45, 2.75) is 26.7 Å². The maximum absolute atomic E-state index is 15.0. The predicted octanol–water partition coefficient (Wildman–Crippen LogP) is 10.6. The molecule has 7 aromatic rings. The van der Waals surface area contributed by atoms with Gasteiger partial charge in [0.2, 0.25) is 0 Å². The monoisotopic (exact) mass is 604 g/mol. The Morgan fingerprint density at radius 2 is 1.43 bits per heavy atom. The standard InChI is InChI=1S/C40H33FN4O/c1-3-10-28-22-29(43-26-44(36-14-7-5-12-34(36)41)38-16-9-8-15-37(38)43)24-31(23-28)46-30-17-18-33-32-11-4-6-13-35(32)45(39(33)25-30)40-21-27(2)19-20-42-40/h4-9,11-25H,3,10,26H2,1-2H3. The number of aryl methyl sites for hydroxylation is 2. The smallest absolute Gasteiger partial charge is 0.146 e. The van der Waals surface area contributed by atoms with Gasteiger partial charge in [-0.05, 0) is 91.2 Å². The van der Waals surface area contributed by atoms with Gasteiger partial charge < -0.3 is 14.5 Å². The molecule has 226 valence electrons. The van der Waals surface area contributed by atoms with Gasteiger partial charge in [0.1, 0.15) is 29.8 Å². The number of hydrogen-bond acceptors (Lipinski definition) is 4. The Morgan fingerprint density at radius 3 is 2.24 bits per heavy atom. The highest BCUT2D eigenvalue weighted by atomic mass is 19.1. The van der Waals surface area contributed by atoms with E-state index < -0.39 is 0 Å². The van der Waals surface area contributed by atoms with Gasteiger partial charge in [0.25, 0.3) is 0 Å². The van der Waals surface area contributed by atoms with Gasteiger partial charge in [0, 0.05) is 34.8 Å². The molecule has 0 spiro atoms. The van der Waals surface area contributed by atoms with Gasteiger partial charge in [-0.1, -0.05) is 55.8 Å². The summed E-state index contributed by atoms with van der Waals surface area (Å²) < 4.78 is 23.9. The van der Waals surface area contributed by atoms with E-state index in [-0.39, 0.29) is 5.82 Å². The molecule has 0 bridgehead atoms. The molecule has 0 saturated carbocycles. The fourth-order valence-corrected chi connectivity index (χ4v) is 6.64. The molecule has 0 fully saturated rings. The van der Waals surface area contributed by atoms with Gasteiger partial charge in [-0.15, -0.1) is 0 Å². The van der Waals surface area contributed by atoms with Gasteiger partial charge in [-0.25, -0.2) is 9.37 Å². The second-order valence-corrected chi connectivity index (χ2v) is 11.8. The molecule has 46 heavy (non-hydrogen) atoms. The Hall–Kier alpha value is -5.62. The maximum atomic E-state index is 15.0. The molecule has 0 radical (unpaired) electrons. The quantitative estimate of drug-likeness (QED) is 0.181. The Kier molecular flexibility index (Phi) is 6.90. The molecule has 5 nitrogen and oxygen atoms in total. The summed E-state index contributed by atoms with van der Waals surface area (Å²) in [4.78, 5) is 8.99. The van der Waals surface area contributed by atoms with Crippen LogP contribution in [0.5, 0.6) is 11.5 Å². The zero-order chi connectivity index (χ0) is 31.2. The van der Waals surface area contributed by atoms with E-state index in [0.717, 1.165) is 69.2 Å². The molecule has 1 aliphatic rings. The number of pyridine rings is 1. The Balaban J connectivity index is 1.21. The molecule has 5 aromatic carbocycles. The van der Waals surface area contributed by atoms with E-state index in [9.17, 15) is 4.39 Å². The van der Waals surface area contributed by atoms with Crippen molar-refractivity contribution in [3.8, 4) is 17.3 Å². The van der Waals surface area contributed by atoms with Crippen LogP contribution in [0.2, 0.25) is 0 Å².